The summed E-state index contributed by atoms with van der Waals surface area (Å²) in [6, 6.07) is 4.56. The zero-order chi connectivity index (χ0) is 10.8. The Morgan fingerprint density at radius 2 is 1.93 bits per heavy atom. The lowest BCUT2D eigenvalue weighted by molar-refractivity contribution is -0.138. The van der Waals surface area contributed by atoms with E-state index in [1.165, 1.54) is 6.07 Å². The number of benzene rings is 1. The number of aryl methyl sites for hydroxylation is 1. The highest BCUT2D eigenvalue weighted by Crippen LogP contribution is 2.33. The van der Waals surface area contributed by atoms with Crippen molar-refractivity contribution in [2.75, 3.05) is 0 Å². The van der Waals surface area contributed by atoms with Gasteiger partial charge in [-0.25, -0.2) is 0 Å². The topological polar surface area (TPSA) is 0 Å². The van der Waals surface area contributed by atoms with Crippen LogP contribution in [-0.2, 0) is 17.0 Å². The maximum atomic E-state index is 12.5. The van der Waals surface area contributed by atoms with E-state index in [0.29, 0.717) is 16.4 Å². The standard InChI is InChI=1S/C10H10F3I/c1-2-7-3-4-8(6-14)9(5-7)10(11,12)13/h3-5H,2,6H2,1H3. The highest BCUT2D eigenvalue weighted by molar-refractivity contribution is 14.1. The molecule has 0 N–H and O–H groups in total. The second-order valence-corrected chi connectivity index (χ2v) is 3.74. The van der Waals surface area contributed by atoms with Crippen LogP contribution in [0, 0.1) is 0 Å². The van der Waals surface area contributed by atoms with Crippen LogP contribution in [0.4, 0.5) is 13.2 Å². The monoisotopic (exact) mass is 314 g/mol. The average Bonchev–Trinajstić information content (AvgIpc) is 2.15. The molecule has 0 aliphatic carbocycles. The summed E-state index contributed by atoms with van der Waals surface area (Å²) >= 11 is 1.94. The van der Waals surface area contributed by atoms with Gasteiger partial charge in [0.1, 0.15) is 0 Å². The molecule has 1 aromatic rings. The Kier molecular flexibility index (Phi) is 3.80. The molecule has 0 aliphatic rings. The molecule has 0 saturated heterocycles. The van der Waals surface area contributed by atoms with E-state index in [4.69, 9.17) is 0 Å². The summed E-state index contributed by atoms with van der Waals surface area (Å²) in [7, 11) is 0. The summed E-state index contributed by atoms with van der Waals surface area (Å²) in [5.41, 5.74) is 0.590. The lowest BCUT2D eigenvalue weighted by Gasteiger charge is -2.12. The molecule has 0 nitrogen and oxygen atoms in total. The van der Waals surface area contributed by atoms with Crippen molar-refractivity contribution in [3.05, 3.63) is 34.9 Å². The largest absolute Gasteiger partial charge is 0.416 e. The van der Waals surface area contributed by atoms with E-state index in [0.717, 1.165) is 5.56 Å². The molecule has 78 valence electrons. The van der Waals surface area contributed by atoms with E-state index < -0.39 is 11.7 Å². The minimum absolute atomic E-state index is 0.357. The van der Waals surface area contributed by atoms with Crippen LogP contribution in [0.2, 0.25) is 0 Å². The predicted octanol–water partition coefficient (Wildman–Crippen LogP) is 4.20. The van der Waals surface area contributed by atoms with Gasteiger partial charge in [0.2, 0.25) is 0 Å². The molecule has 0 radical (unpaired) electrons. The number of alkyl halides is 4. The number of halogens is 4. The van der Waals surface area contributed by atoms with Gasteiger partial charge in [-0.15, -0.1) is 0 Å². The summed E-state index contributed by atoms with van der Waals surface area (Å²) in [5, 5.41) is 0. The van der Waals surface area contributed by atoms with Gasteiger partial charge in [-0.05, 0) is 23.6 Å². The number of rotatable bonds is 2. The van der Waals surface area contributed by atoms with Crippen molar-refractivity contribution in [2.24, 2.45) is 0 Å². The maximum Gasteiger partial charge on any atom is 0.416 e. The van der Waals surface area contributed by atoms with E-state index in [-0.39, 0.29) is 0 Å². The van der Waals surface area contributed by atoms with Gasteiger partial charge in [0.25, 0.3) is 0 Å². The molecule has 0 bridgehead atoms. The normalized spacial score (nSPS) is 11.8. The summed E-state index contributed by atoms with van der Waals surface area (Å²) in [6.07, 6.45) is -3.60. The van der Waals surface area contributed by atoms with Crippen molar-refractivity contribution in [2.45, 2.75) is 23.9 Å². The minimum atomic E-state index is -4.23. The van der Waals surface area contributed by atoms with Crippen molar-refractivity contribution in [1.29, 1.82) is 0 Å². The number of hydrogen-bond acceptors (Lipinski definition) is 0. The molecule has 14 heavy (non-hydrogen) atoms. The molecule has 0 amide bonds. The molecule has 0 atom stereocenters. The Labute approximate surface area is 94.6 Å². The van der Waals surface area contributed by atoms with Gasteiger partial charge in [0.15, 0.2) is 0 Å². The zero-order valence-electron chi connectivity index (χ0n) is 7.66. The molecule has 1 aromatic carbocycles. The Hall–Kier alpha value is -0.260. The molecule has 4 heteroatoms. The zero-order valence-corrected chi connectivity index (χ0v) is 9.82. The molecular weight excluding hydrogens is 304 g/mol. The highest BCUT2D eigenvalue weighted by atomic mass is 127. The Balaban J connectivity index is 3.22. The third kappa shape index (κ3) is 2.62. The van der Waals surface area contributed by atoms with E-state index in [9.17, 15) is 13.2 Å². The van der Waals surface area contributed by atoms with E-state index in [1.54, 1.807) is 12.1 Å². The van der Waals surface area contributed by atoms with Gasteiger partial charge in [-0.1, -0.05) is 41.6 Å². The first kappa shape index (κ1) is 11.8. The van der Waals surface area contributed by atoms with Gasteiger partial charge in [0, 0.05) is 4.43 Å². The van der Waals surface area contributed by atoms with Crippen LogP contribution in [0.1, 0.15) is 23.6 Å². The van der Waals surface area contributed by atoms with Gasteiger partial charge < -0.3 is 0 Å². The lowest BCUT2D eigenvalue weighted by atomic mass is 10.0. The molecule has 0 heterocycles. The molecule has 0 saturated carbocycles. The first-order chi connectivity index (χ1) is 6.49. The lowest BCUT2D eigenvalue weighted by Crippen LogP contribution is -2.09. The molecular formula is C10H10F3I. The third-order valence-corrected chi connectivity index (χ3v) is 2.85. The third-order valence-electron chi connectivity index (χ3n) is 2.03. The fourth-order valence-electron chi connectivity index (χ4n) is 1.22. The maximum absolute atomic E-state index is 12.5. The van der Waals surface area contributed by atoms with E-state index in [1.807, 2.05) is 29.5 Å². The smallest absolute Gasteiger partial charge is 0.166 e. The van der Waals surface area contributed by atoms with Crippen molar-refractivity contribution < 1.29 is 13.2 Å². The Bertz CT molecular complexity index is 318. The summed E-state index contributed by atoms with van der Waals surface area (Å²) in [4.78, 5) is 0. The van der Waals surface area contributed by atoms with Crippen LogP contribution in [-0.4, -0.2) is 0 Å². The molecule has 1 rings (SSSR count). The highest BCUT2D eigenvalue weighted by Gasteiger charge is 2.32. The fraction of sp³-hybridized carbons (Fsp3) is 0.400. The van der Waals surface area contributed by atoms with Gasteiger partial charge >= 0.3 is 6.18 Å². The van der Waals surface area contributed by atoms with Crippen molar-refractivity contribution in [3.63, 3.8) is 0 Å². The molecule has 0 fully saturated rings. The van der Waals surface area contributed by atoms with Crippen LogP contribution in [0.5, 0.6) is 0 Å². The minimum Gasteiger partial charge on any atom is -0.166 e. The molecule has 0 aliphatic heterocycles. The SMILES string of the molecule is CCc1ccc(CI)c(C(F)(F)F)c1. The van der Waals surface area contributed by atoms with Crippen LogP contribution in [0.25, 0.3) is 0 Å². The van der Waals surface area contributed by atoms with Crippen molar-refractivity contribution in [3.8, 4) is 0 Å². The molecule has 0 aromatic heterocycles. The Morgan fingerprint density at radius 3 is 2.36 bits per heavy atom. The van der Waals surface area contributed by atoms with Gasteiger partial charge in [-0.3, -0.25) is 0 Å². The second-order valence-electron chi connectivity index (χ2n) is 2.98. The van der Waals surface area contributed by atoms with Crippen molar-refractivity contribution in [1.82, 2.24) is 0 Å². The predicted molar refractivity (Wildman–Crippen MR) is 58.5 cm³/mol. The van der Waals surface area contributed by atoms with Gasteiger partial charge in [0.05, 0.1) is 5.56 Å². The van der Waals surface area contributed by atoms with Crippen LogP contribution in [0.15, 0.2) is 18.2 Å². The number of hydrogen-bond donors (Lipinski definition) is 0. The average molecular weight is 314 g/mol. The first-order valence-corrected chi connectivity index (χ1v) is 5.76. The van der Waals surface area contributed by atoms with E-state index in [2.05, 4.69) is 0 Å². The van der Waals surface area contributed by atoms with Crippen LogP contribution in [0.3, 0.4) is 0 Å². The van der Waals surface area contributed by atoms with Crippen LogP contribution >= 0.6 is 22.6 Å². The van der Waals surface area contributed by atoms with Gasteiger partial charge in [-0.2, -0.15) is 13.2 Å². The first-order valence-electron chi connectivity index (χ1n) is 4.24. The molecule has 0 unspecified atom stereocenters. The van der Waals surface area contributed by atoms with Crippen LogP contribution < -0.4 is 0 Å². The molecule has 0 spiro atoms. The van der Waals surface area contributed by atoms with Crippen molar-refractivity contribution >= 4 is 22.6 Å². The summed E-state index contributed by atoms with van der Waals surface area (Å²) in [5.74, 6) is 0. The van der Waals surface area contributed by atoms with E-state index >= 15 is 0 Å². The second kappa shape index (κ2) is 4.51. The summed E-state index contributed by atoms with van der Waals surface area (Å²) < 4.78 is 38.0. The fourth-order valence-corrected chi connectivity index (χ4v) is 1.89. The summed E-state index contributed by atoms with van der Waals surface area (Å²) in [6.45, 7) is 1.85. The quantitative estimate of drug-likeness (QED) is 0.567. The Morgan fingerprint density at radius 1 is 1.29 bits per heavy atom.